The Kier molecular flexibility index (Phi) is 5.70. The predicted octanol–water partition coefficient (Wildman–Crippen LogP) is 4.21. The molecular weight excluding hydrogens is 422 g/mol. The van der Waals surface area contributed by atoms with Gasteiger partial charge in [0.2, 0.25) is 0 Å². The molecule has 1 aliphatic heterocycles. The molecule has 0 unspecified atom stereocenters. The molecule has 0 saturated carbocycles. The Hall–Kier alpha value is -3.85. The fourth-order valence-corrected chi connectivity index (χ4v) is 4.06. The number of nitrogens with one attached hydrogen (secondary N) is 1. The molecular formula is C24H25N5O4. The third-order valence-electron chi connectivity index (χ3n) is 5.66. The minimum atomic E-state index is -0.538. The number of methoxy groups -OCH3 is 1. The number of hydrogen-bond donors (Lipinski definition) is 1. The van der Waals surface area contributed by atoms with Gasteiger partial charge in [-0.2, -0.15) is 5.10 Å². The van der Waals surface area contributed by atoms with E-state index in [1.165, 1.54) is 0 Å². The molecule has 1 aliphatic rings. The summed E-state index contributed by atoms with van der Waals surface area (Å²) in [5, 5.41) is 7.43. The van der Waals surface area contributed by atoms with Crippen molar-refractivity contribution in [1.82, 2.24) is 19.3 Å². The fourth-order valence-electron chi connectivity index (χ4n) is 4.06. The standard InChI is InChI=1S/C24H25N5O4/c1-3-29-17(13-19(27-29)18-6-4-5-7-22(18)31-2)14-33-24(30)25-16-8-9-21-20(12-16)26-23-15-32-11-10-28(21)23/h4-9,12-13H,3,10-11,14-15H2,1-2H3,(H,25,30). The van der Waals surface area contributed by atoms with Crippen LogP contribution in [0.25, 0.3) is 22.3 Å². The number of para-hydroxylation sites is 1. The minimum absolute atomic E-state index is 0.0974. The van der Waals surface area contributed by atoms with Gasteiger partial charge in [-0.3, -0.25) is 10.00 Å². The number of fused-ring (bicyclic) bond motifs is 3. The fraction of sp³-hybridized carbons (Fsp3) is 0.292. The maximum atomic E-state index is 12.5. The van der Waals surface area contributed by atoms with E-state index >= 15 is 0 Å². The number of benzene rings is 2. The molecule has 4 aromatic rings. The van der Waals surface area contributed by atoms with Crippen molar-refractivity contribution in [3.63, 3.8) is 0 Å². The van der Waals surface area contributed by atoms with Gasteiger partial charge in [0.15, 0.2) is 0 Å². The van der Waals surface area contributed by atoms with Crippen molar-refractivity contribution in [3.8, 4) is 17.0 Å². The number of imidazole rings is 1. The molecule has 0 bridgehead atoms. The Morgan fingerprint density at radius 3 is 2.94 bits per heavy atom. The van der Waals surface area contributed by atoms with E-state index in [1.54, 1.807) is 7.11 Å². The van der Waals surface area contributed by atoms with Crippen LogP contribution in [-0.4, -0.2) is 39.1 Å². The van der Waals surface area contributed by atoms with Crippen LogP contribution in [0, 0.1) is 0 Å². The molecule has 3 heterocycles. The zero-order chi connectivity index (χ0) is 22.8. The first-order valence-electron chi connectivity index (χ1n) is 10.9. The lowest BCUT2D eigenvalue weighted by Crippen LogP contribution is -2.16. The second kappa shape index (κ2) is 8.95. The van der Waals surface area contributed by atoms with Gasteiger partial charge in [-0.1, -0.05) is 12.1 Å². The van der Waals surface area contributed by atoms with Crippen molar-refractivity contribution in [3.05, 3.63) is 60.0 Å². The summed E-state index contributed by atoms with van der Waals surface area (Å²) in [6.07, 6.45) is -0.538. The van der Waals surface area contributed by atoms with Crippen molar-refractivity contribution in [2.45, 2.75) is 33.2 Å². The van der Waals surface area contributed by atoms with E-state index in [0.29, 0.717) is 25.4 Å². The molecule has 0 spiro atoms. The Morgan fingerprint density at radius 2 is 2.09 bits per heavy atom. The molecule has 9 nitrogen and oxygen atoms in total. The Labute approximate surface area is 190 Å². The highest BCUT2D eigenvalue weighted by Gasteiger charge is 2.17. The van der Waals surface area contributed by atoms with Gasteiger partial charge in [-0.05, 0) is 43.3 Å². The van der Waals surface area contributed by atoms with Gasteiger partial charge >= 0.3 is 6.09 Å². The van der Waals surface area contributed by atoms with Crippen LogP contribution >= 0.6 is 0 Å². The maximum Gasteiger partial charge on any atom is 0.412 e. The first-order valence-corrected chi connectivity index (χ1v) is 10.9. The summed E-state index contributed by atoms with van der Waals surface area (Å²) in [5.41, 5.74) is 4.93. The highest BCUT2D eigenvalue weighted by atomic mass is 16.5. The number of anilines is 1. The van der Waals surface area contributed by atoms with Crippen molar-refractivity contribution in [1.29, 1.82) is 0 Å². The molecule has 2 aromatic carbocycles. The molecule has 2 aromatic heterocycles. The quantitative estimate of drug-likeness (QED) is 0.476. The topological polar surface area (TPSA) is 92.4 Å². The summed E-state index contributed by atoms with van der Waals surface area (Å²) >= 11 is 0. The van der Waals surface area contributed by atoms with Crippen molar-refractivity contribution >= 4 is 22.8 Å². The summed E-state index contributed by atoms with van der Waals surface area (Å²) in [4.78, 5) is 17.1. The van der Waals surface area contributed by atoms with Crippen LogP contribution in [0.5, 0.6) is 5.75 Å². The Balaban J connectivity index is 1.28. The zero-order valence-electron chi connectivity index (χ0n) is 18.6. The summed E-state index contributed by atoms with van der Waals surface area (Å²) in [5.74, 6) is 1.64. The molecule has 33 heavy (non-hydrogen) atoms. The molecule has 0 fully saturated rings. The third kappa shape index (κ3) is 4.14. The normalized spacial score (nSPS) is 13.0. The number of amides is 1. The highest BCUT2D eigenvalue weighted by Crippen LogP contribution is 2.29. The van der Waals surface area contributed by atoms with Gasteiger partial charge in [0.05, 0.1) is 36.1 Å². The van der Waals surface area contributed by atoms with Crippen LogP contribution in [0.3, 0.4) is 0 Å². The molecule has 5 rings (SSSR count). The van der Waals surface area contributed by atoms with Crippen LogP contribution in [-0.2, 0) is 35.8 Å². The van der Waals surface area contributed by atoms with E-state index in [4.69, 9.17) is 14.2 Å². The number of carbonyl (C=O) groups is 1. The Morgan fingerprint density at radius 1 is 1.21 bits per heavy atom. The first kappa shape index (κ1) is 21.0. The number of hydrogen-bond acceptors (Lipinski definition) is 6. The summed E-state index contributed by atoms with van der Waals surface area (Å²) in [6, 6.07) is 15.3. The number of ether oxygens (including phenoxy) is 3. The monoisotopic (exact) mass is 447 g/mol. The van der Waals surface area contributed by atoms with Gasteiger partial charge < -0.3 is 18.8 Å². The van der Waals surface area contributed by atoms with Crippen LogP contribution in [0.1, 0.15) is 18.4 Å². The first-order chi connectivity index (χ1) is 16.2. The molecule has 170 valence electrons. The van der Waals surface area contributed by atoms with E-state index in [0.717, 1.165) is 46.1 Å². The summed E-state index contributed by atoms with van der Waals surface area (Å²) in [6.45, 7) is 4.70. The highest BCUT2D eigenvalue weighted by molar-refractivity contribution is 5.89. The van der Waals surface area contributed by atoms with E-state index in [2.05, 4.69) is 20.0 Å². The van der Waals surface area contributed by atoms with Gasteiger partial charge in [0, 0.05) is 24.3 Å². The number of nitrogens with zero attached hydrogens (tertiary/aromatic N) is 4. The number of aryl methyl sites for hydroxylation is 1. The SMILES string of the molecule is CCn1nc(-c2ccccc2OC)cc1COC(=O)Nc1ccc2c(c1)nc1n2CCOC1. The largest absolute Gasteiger partial charge is 0.496 e. The van der Waals surface area contributed by atoms with E-state index in [9.17, 15) is 4.79 Å². The predicted molar refractivity (Wildman–Crippen MR) is 123 cm³/mol. The average molecular weight is 447 g/mol. The van der Waals surface area contributed by atoms with E-state index in [-0.39, 0.29) is 6.61 Å². The van der Waals surface area contributed by atoms with Crippen LogP contribution in [0.15, 0.2) is 48.5 Å². The molecule has 9 heteroatoms. The average Bonchev–Trinajstić information content (AvgIpc) is 3.43. The van der Waals surface area contributed by atoms with Crippen molar-refractivity contribution < 1.29 is 19.0 Å². The van der Waals surface area contributed by atoms with Crippen LogP contribution in [0.2, 0.25) is 0 Å². The maximum absolute atomic E-state index is 12.5. The third-order valence-corrected chi connectivity index (χ3v) is 5.66. The zero-order valence-corrected chi connectivity index (χ0v) is 18.6. The molecule has 0 aliphatic carbocycles. The molecule has 1 amide bonds. The van der Waals surface area contributed by atoms with Gasteiger partial charge in [0.25, 0.3) is 0 Å². The van der Waals surface area contributed by atoms with Crippen LogP contribution < -0.4 is 10.1 Å². The molecule has 0 atom stereocenters. The smallest absolute Gasteiger partial charge is 0.412 e. The lowest BCUT2D eigenvalue weighted by Gasteiger charge is -2.14. The molecule has 1 N–H and O–H groups in total. The van der Waals surface area contributed by atoms with E-state index in [1.807, 2.05) is 60.1 Å². The minimum Gasteiger partial charge on any atom is -0.496 e. The second-order valence-corrected chi connectivity index (χ2v) is 7.67. The van der Waals surface area contributed by atoms with Gasteiger partial charge in [-0.15, -0.1) is 0 Å². The van der Waals surface area contributed by atoms with E-state index < -0.39 is 6.09 Å². The van der Waals surface area contributed by atoms with Gasteiger partial charge in [-0.25, -0.2) is 9.78 Å². The van der Waals surface area contributed by atoms with Crippen LogP contribution in [0.4, 0.5) is 10.5 Å². The van der Waals surface area contributed by atoms with Crippen molar-refractivity contribution in [2.75, 3.05) is 19.0 Å². The lowest BCUT2D eigenvalue weighted by molar-refractivity contribution is 0.0830. The summed E-state index contributed by atoms with van der Waals surface area (Å²) in [7, 11) is 1.63. The molecule has 0 radical (unpaired) electrons. The number of aromatic nitrogens is 4. The second-order valence-electron chi connectivity index (χ2n) is 7.67. The Bertz CT molecular complexity index is 1310. The lowest BCUT2D eigenvalue weighted by atomic mass is 10.1. The number of carbonyl (C=O) groups excluding carboxylic acids is 1. The molecule has 0 saturated heterocycles. The number of rotatable bonds is 6. The van der Waals surface area contributed by atoms with Gasteiger partial charge in [0.1, 0.15) is 24.8 Å². The van der Waals surface area contributed by atoms with Crippen molar-refractivity contribution in [2.24, 2.45) is 0 Å². The summed E-state index contributed by atoms with van der Waals surface area (Å²) < 4.78 is 20.4.